The molecule has 2 aliphatic rings. The fourth-order valence-electron chi connectivity index (χ4n) is 5.15. The summed E-state index contributed by atoms with van der Waals surface area (Å²) >= 11 is 0. The van der Waals surface area contributed by atoms with E-state index in [2.05, 4.69) is 90.7 Å². The standard InChI is InChI=1S/C31H42N2O2Si/c1-25-15-17-28(22-30(25)32-19-8-14-26-10-4-2-5-11-26)33-23-29(24-34-20-9-21-36)35-31(33)18-16-27-12-6-3-7-13-27/h2-8,10-14,16,18-19,25,28-31H,9,15,17,20-24H2,1,36H3/b14-8+,18-16+,32-19?/t25-,28?,29?,30?,31?/m1/s1. The highest BCUT2D eigenvalue weighted by Crippen LogP contribution is 2.34. The molecule has 36 heavy (non-hydrogen) atoms. The lowest BCUT2D eigenvalue weighted by Crippen LogP contribution is -2.44. The average molecular weight is 503 g/mol. The van der Waals surface area contributed by atoms with Gasteiger partial charge in [-0.25, -0.2) is 0 Å². The molecule has 192 valence electrons. The first-order chi connectivity index (χ1) is 17.7. The summed E-state index contributed by atoms with van der Waals surface area (Å²) in [6, 6.07) is 23.0. The van der Waals surface area contributed by atoms with Crippen LogP contribution in [-0.4, -0.2) is 65.5 Å². The van der Waals surface area contributed by atoms with E-state index in [1.165, 1.54) is 46.7 Å². The van der Waals surface area contributed by atoms with E-state index >= 15 is 0 Å². The van der Waals surface area contributed by atoms with Gasteiger partial charge >= 0.3 is 0 Å². The molecule has 2 fully saturated rings. The highest BCUT2D eigenvalue weighted by atomic mass is 28.1. The van der Waals surface area contributed by atoms with Crippen molar-refractivity contribution in [2.24, 2.45) is 10.9 Å². The number of benzene rings is 2. The number of rotatable bonds is 11. The second-order valence-corrected chi connectivity index (χ2v) is 11.1. The fourth-order valence-corrected chi connectivity index (χ4v) is 5.43. The molecule has 1 saturated carbocycles. The molecular formula is C31H42N2O2Si. The molecule has 4 unspecified atom stereocenters. The summed E-state index contributed by atoms with van der Waals surface area (Å²) in [5, 5.41) is 0. The number of hydrogen-bond acceptors (Lipinski definition) is 4. The molecule has 0 bridgehead atoms. The van der Waals surface area contributed by atoms with Gasteiger partial charge in [-0.15, -0.1) is 0 Å². The van der Waals surface area contributed by atoms with E-state index in [4.69, 9.17) is 14.5 Å². The molecule has 0 N–H and O–H groups in total. The van der Waals surface area contributed by atoms with Gasteiger partial charge in [-0.05, 0) is 54.9 Å². The Bertz CT molecular complexity index is 979. The molecular weight excluding hydrogens is 460 g/mol. The fraction of sp³-hybridized carbons (Fsp3) is 0.452. The maximum absolute atomic E-state index is 6.51. The van der Waals surface area contributed by atoms with Crippen LogP contribution in [0.3, 0.4) is 0 Å². The normalized spacial score (nSPS) is 27.6. The van der Waals surface area contributed by atoms with Crippen LogP contribution < -0.4 is 0 Å². The minimum atomic E-state index is -0.0154. The van der Waals surface area contributed by atoms with Crippen molar-refractivity contribution < 1.29 is 9.47 Å². The third-order valence-electron chi connectivity index (χ3n) is 7.32. The smallest absolute Gasteiger partial charge is 0.131 e. The second-order valence-electron chi connectivity index (χ2n) is 10.1. The highest BCUT2D eigenvalue weighted by molar-refractivity contribution is 6.08. The van der Waals surface area contributed by atoms with Crippen LogP contribution in [-0.2, 0) is 9.47 Å². The Morgan fingerprint density at radius 1 is 1.03 bits per heavy atom. The van der Waals surface area contributed by atoms with Crippen molar-refractivity contribution in [3.05, 3.63) is 83.9 Å². The lowest BCUT2D eigenvalue weighted by molar-refractivity contribution is -0.0210. The van der Waals surface area contributed by atoms with E-state index in [0.29, 0.717) is 24.6 Å². The summed E-state index contributed by atoms with van der Waals surface area (Å²) in [7, 11) is 1.25. The molecule has 5 heteroatoms. The van der Waals surface area contributed by atoms with Gasteiger partial charge < -0.3 is 9.47 Å². The van der Waals surface area contributed by atoms with Crippen LogP contribution in [0.4, 0.5) is 0 Å². The first-order valence-corrected chi connectivity index (χ1v) is 15.1. The van der Waals surface area contributed by atoms with E-state index in [-0.39, 0.29) is 12.3 Å². The van der Waals surface area contributed by atoms with Gasteiger partial charge in [-0.2, -0.15) is 0 Å². The van der Waals surface area contributed by atoms with Gasteiger partial charge in [0, 0.05) is 35.7 Å². The van der Waals surface area contributed by atoms with Crippen LogP contribution in [0.15, 0.2) is 77.8 Å². The van der Waals surface area contributed by atoms with Gasteiger partial charge in [0.05, 0.1) is 18.8 Å². The van der Waals surface area contributed by atoms with Gasteiger partial charge in [0.25, 0.3) is 0 Å². The number of aliphatic imine (C=N–C) groups is 1. The van der Waals surface area contributed by atoms with Crippen molar-refractivity contribution in [2.45, 2.75) is 63.1 Å². The quantitative estimate of drug-likeness (QED) is 0.239. The SMILES string of the molecule is C[C@@H]1CCC(N2CC(COCCC[SiH3])OC2/C=C/c2ccccc2)CC1N=C/C=C/c1ccccc1. The highest BCUT2D eigenvalue weighted by Gasteiger charge is 2.39. The summed E-state index contributed by atoms with van der Waals surface area (Å²) < 4.78 is 12.5. The second kappa shape index (κ2) is 14.4. The largest absolute Gasteiger partial charge is 0.379 e. The number of hydrogen-bond donors (Lipinski definition) is 0. The predicted molar refractivity (Wildman–Crippen MR) is 156 cm³/mol. The molecule has 1 aliphatic carbocycles. The molecule has 5 atom stereocenters. The van der Waals surface area contributed by atoms with Crippen molar-refractivity contribution in [3.63, 3.8) is 0 Å². The Hall–Kier alpha value is -2.31. The minimum Gasteiger partial charge on any atom is -0.379 e. The van der Waals surface area contributed by atoms with Crippen LogP contribution in [0.5, 0.6) is 0 Å². The first-order valence-electron chi connectivity index (χ1n) is 13.7. The van der Waals surface area contributed by atoms with E-state index in [1.807, 2.05) is 12.3 Å². The summed E-state index contributed by atoms with van der Waals surface area (Å²) in [5.74, 6) is 0.598. The Kier molecular flexibility index (Phi) is 10.7. The van der Waals surface area contributed by atoms with E-state index in [9.17, 15) is 0 Å². The van der Waals surface area contributed by atoms with Gasteiger partial charge in [0.15, 0.2) is 0 Å². The molecule has 4 rings (SSSR count). The maximum atomic E-state index is 6.51. The van der Waals surface area contributed by atoms with E-state index in [0.717, 1.165) is 19.6 Å². The third-order valence-corrected chi connectivity index (χ3v) is 8.03. The zero-order valence-electron chi connectivity index (χ0n) is 21.9. The average Bonchev–Trinajstić information content (AvgIpc) is 3.33. The number of allylic oxidation sites excluding steroid dienone is 1. The molecule has 1 saturated heterocycles. The molecule has 2 aromatic carbocycles. The van der Waals surface area contributed by atoms with Crippen molar-refractivity contribution in [1.29, 1.82) is 0 Å². The van der Waals surface area contributed by atoms with E-state index in [1.54, 1.807) is 0 Å². The van der Waals surface area contributed by atoms with Crippen LogP contribution in [0.2, 0.25) is 6.04 Å². The summed E-state index contributed by atoms with van der Waals surface area (Å²) in [6.45, 7) is 4.80. The monoisotopic (exact) mass is 502 g/mol. The predicted octanol–water partition coefficient (Wildman–Crippen LogP) is 5.26. The molecule has 0 spiro atoms. The van der Waals surface area contributed by atoms with Gasteiger partial charge in [-0.1, -0.05) is 85.8 Å². The lowest BCUT2D eigenvalue weighted by atomic mass is 9.82. The molecule has 0 amide bonds. The number of ether oxygens (including phenoxy) is 2. The first kappa shape index (κ1) is 26.7. The topological polar surface area (TPSA) is 34.1 Å². The molecule has 1 aliphatic heterocycles. The Balaban J connectivity index is 1.40. The van der Waals surface area contributed by atoms with Crippen LogP contribution in [0.25, 0.3) is 12.2 Å². The van der Waals surface area contributed by atoms with Crippen LogP contribution in [0.1, 0.15) is 43.7 Å². The van der Waals surface area contributed by atoms with Crippen molar-refractivity contribution in [3.8, 4) is 0 Å². The molecule has 2 aromatic rings. The molecule has 0 radical (unpaired) electrons. The molecule has 1 heterocycles. The van der Waals surface area contributed by atoms with Gasteiger partial charge in [0.2, 0.25) is 0 Å². The molecule has 4 nitrogen and oxygen atoms in total. The summed E-state index contributed by atoms with van der Waals surface area (Å²) in [5.41, 5.74) is 2.41. The Morgan fingerprint density at radius 3 is 2.47 bits per heavy atom. The maximum Gasteiger partial charge on any atom is 0.131 e. The van der Waals surface area contributed by atoms with Crippen LogP contribution in [0, 0.1) is 5.92 Å². The Labute approximate surface area is 220 Å². The summed E-state index contributed by atoms with van der Waals surface area (Å²) in [6.07, 6.45) is 15.4. The Morgan fingerprint density at radius 2 is 1.75 bits per heavy atom. The van der Waals surface area contributed by atoms with Crippen molar-refractivity contribution in [1.82, 2.24) is 4.90 Å². The molecule has 0 aromatic heterocycles. The van der Waals surface area contributed by atoms with Crippen molar-refractivity contribution >= 4 is 28.6 Å². The minimum absolute atomic E-state index is 0.0154. The van der Waals surface area contributed by atoms with Crippen molar-refractivity contribution in [2.75, 3.05) is 19.8 Å². The van der Waals surface area contributed by atoms with Gasteiger partial charge in [-0.3, -0.25) is 9.89 Å². The van der Waals surface area contributed by atoms with Gasteiger partial charge in [0.1, 0.15) is 6.23 Å². The van der Waals surface area contributed by atoms with Crippen LogP contribution >= 0.6 is 0 Å². The lowest BCUT2D eigenvalue weighted by Gasteiger charge is -2.38. The zero-order chi connectivity index (χ0) is 25.0. The number of nitrogens with zero attached hydrogens (tertiary/aromatic N) is 2. The summed E-state index contributed by atoms with van der Waals surface area (Å²) in [4.78, 5) is 7.55. The zero-order valence-corrected chi connectivity index (χ0v) is 23.9. The van der Waals surface area contributed by atoms with E-state index < -0.39 is 0 Å². The third kappa shape index (κ3) is 8.10.